The van der Waals surface area contributed by atoms with Crippen LogP contribution in [0.25, 0.3) is 0 Å². The zero-order valence-electron chi connectivity index (χ0n) is 14.4. The fourth-order valence-electron chi connectivity index (χ4n) is 2.34. The summed E-state index contributed by atoms with van der Waals surface area (Å²) in [5.74, 6) is -0.378. The SMILES string of the molecule is CCOC(=O)c1ccc(Nc2nc(N)c(C(=O)c3cccc(Br)c3)s2)cc1. The molecule has 8 heteroatoms. The first-order valence-corrected chi connectivity index (χ1v) is 9.69. The number of nitrogens with two attached hydrogens (primary N) is 1. The molecule has 0 aliphatic rings. The van der Waals surface area contributed by atoms with Crippen LogP contribution in [0.4, 0.5) is 16.6 Å². The minimum Gasteiger partial charge on any atom is -0.462 e. The standard InChI is InChI=1S/C19H16BrN3O3S/c1-2-26-18(25)11-6-8-14(9-7-11)22-19-23-17(21)16(27-19)15(24)12-4-3-5-13(20)10-12/h3-10H,2,21H2,1H3,(H,22,23). The molecule has 0 spiro atoms. The first-order valence-electron chi connectivity index (χ1n) is 8.08. The molecule has 6 nitrogen and oxygen atoms in total. The molecule has 3 N–H and O–H groups in total. The monoisotopic (exact) mass is 445 g/mol. The van der Waals surface area contributed by atoms with Gasteiger partial charge in [0.25, 0.3) is 0 Å². The van der Waals surface area contributed by atoms with E-state index in [2.05, 4.69) is 26.2 Å². The number of thiazole rings is 1. The molecule has 0 aliphatic carbocycles. The van der Waals surface area contributed by atoms with Crippen molar-refractivity contribution < 1.29 is 14.3 Å². The van der Waals surface area contributed by atoms with E-state index in [9.17, 15) is 9.59 Å². The Balaban J connectivity index is 1.76. The molecule has 3 rings (SSSR count). The molecule has 1 heterocycles. The van der Waals surface area contributed by atoms with E-state index in [-0.39, 0.29) is 17.6 Å². The van der Waals surface area contributed by atoms with Gasteiger partial charge < -0.3 is 15.8 Å². The lowest BCUT2D eigenvalue weighted by molar-refractivity contribution is 0.0526. The van der Waals surface area contributed by atoms with Gasteiger partial charge in [0, 0.05) is 15.7 Å². The normalized spacial score (nSPS) is 10.4. The van der Waals surface area contributed by atoms with Crippen LogP contribution in [-0.4, -0.2) is 23.3 Å². The van der Waals surface area contributed by atoms with Crippen molar-refractivity contribution in [1.29, 1.82) is 0 Å². The van der Waals surface area contributed by atoms with Gasteiger partial charge in [0.05, 0.1) is 12.2 Å². The molecule has 0 aliphatic heterocycles. The average molecular weight is 446 g/mol. The zero-order chi connectivity index (χ0) is 19.4. The molecule has 0 radical (unpaired) electrons. The summed E-state index contributed by atoms with van der Waals surface area (Å²) in [4.78, 5) is 28.9. The molecular formula is C19H16BrN3O3S. The molecular weight excluding hydrogens is 430 g/mol. The van der Waals surface area contributed by atoms with E-state index in [1.54, 1.807) is 49.4 Å². The summed E-state index contributed by atoms with van der Waals surface area (Å²) >= 11 is 4.53. The van der Waals surface area contributed by atoms with Crippen molar-refractivity contribution in [2.75, 3.05) is 17.7 Å². The van der Waals surface area contributed by atoms with E-state index in [1.807, 2.05) is 6.07 Å². The molecule has 2 aromatic carbocycles. The maximum Gasteiger partial charge on any atom is 0.338 e. The largest absolute Gasteiger partial charge is 0.462 e. The van der Waals surface area contributed by atoms with Gasteiger partial charge in [0.15, 0.2) is 5.13 Å². The van der Waals surface area contributed by atoms with Crippen molar-refractivity contribution in [2.45, 2.75) is 6.92 Å². The second-order valence-corrected chi connectivity index (χ2v) is 7.41. The lowest BCUT2D eigenvalue weighted by Gasteiger charge is -2.04. The number of ketones is 1. The number of nitrogen functional groups attached to an aromatic ring is 1. The summed E-state index contributed by atoms with van der Waals surface area (Å²) in [5.41, 5.74) is 7.65. The number of ether oxygens (including phenoxy) is 1. The third-order valence-electron chi connectivity index (χ3n) is 3.59. The second-order valence-electron chi connectivity index (χ2n) is 5.50. The highest BCUT2D eigenvalue weighted by Crippen LogP contribution is 2.30. The predicted octanol–water partition coefficient (Wildman–Crippen LogP) is 4.64. The Labute approximate surface area is 168 Å². The number of benzene rings is 2. The maximum atomic E-state index is 12.7. The molecule has 0 fully saturated rings. The van der Waals surface area contributed by atoms with E-state index in [0.717, 1.165) is 10.2 Å². The van der Waals surface area contributed by atoms with Crippen LogP contribution in [0.15, 0.2) is 53.0 Å². The molecule has 0 saturated heterocycles. The maximum absolute atomic E-state index is 12.7. The third kappa shape index (κ3) is 4.53. The molecule has 138 valence electrons. The summed E-state index contributed by atoms with van der Waals surface area (Å²) < 4.78 is 5.77. The summed E-state index contributed by atoms with van der Waals surface area (Å²) in [6.45, 7) is 2.08. The van der Waals surface area contributed by atoms with Crippen molar-refractivity contribution in [3.05, 3.63) is 69.0 Å². The lowest BCUT2D eigenvalue weighted by Crippen LogP contribution is -2.04. The number of halogens is 1. The van der Waals surface area contributed by atoms with Crippen LogP contribution < -0.4 is 11.1 Å². The van der Waals surface area contributed by atoms with E-state index in [4.69, 9.17) is 10.5 Å². The van der Waals surface area contributed by atoms with Crippen molar-refractivity contribution in [2.24, 2.45) is 0 Å². The number of hydrogen-bond donors (Lipinski definition) is 2. The Hall–Kier alpha value is -2.71. The van der Waals surface area contributed by atoms with Crippen LogP contribution in [0.1, 0.15) is 32.5 Å². The number of carbonyl (C=O) groups excluding carboxylic acids is 2. The summed E-state index contributed by atoms with van der Waals surface area (Å²) in [6, 6.07) is 13.9. The van der Waals surface area contributed by atoms with Crippen LogP contribution >= 0.6 is 27.3 Å². The van der Waals surface area contributed by atoms with Crippen LogP contribution in [0.2, 0.25) is 0 Å². The molecule has 27 heavy (non-hydrogen) atoms. The molecule has 1 aromatic heterocycles. The number of rotatable bonds is 6. The smallest absolute Gasteiger partial charge is 0.338 e. The Bertz CT molecular complexity index is 986. The first-order chi connectivity index (χ1) is 13.0. The summed E-state index contributed by atoms with van der Waals surface area (Å²) in [7, 11) is 0. The summed E-state index contributed by atoms with van der Waals surface area (Å²) in [6.07, 6.45) is 0. The predicted molar refractivity (Wildman–Crippen MR) is 110 cm³/mol. The number of esters is 1. The number of nitrogens with zero attached hydrogens (tertiary/aromatic N) is 1. The zero-order valence-corrected chi connectivity index (χ0v) is 16.8. The van der Waals surface area contributed by atoms with Gasteiger partial charge in [-0.1, -0.05) is 39.4 Å². The van der Waals surface area contributed by atoms with E-state index >= 15 is 0 Å². The molecule has 0 saturated carbocycles. The van der Waals surface area contributed by atoms with E-state index < -0.39 is 0 Å². The number of anilines is 3. The number of nitrogens with one attached hydrogen (secondary N) is 1. The first kappa shape index (κ1) is 19.1. The molecule has 0 bridgehead atoms. The van der Waals surface area contributed by atoms with Crippen molar-refractivity contribution in [1.82, 2.24) is 4.98 Å². The van der Waals surface area contributed by atoms with Crippen molar-refractivity contribution >= 4 is 55.7 Å². The van der Waals surface area contributed by atoms with E-state index in [1.165, 1.54) is 11.3 Å². The molecule has 0 atom stereocenters. The lowest BCUT2D eigenvalue weighted by atomic mass is 10.1. The minimum atomic E-state index is -0.371. The van der Waals surface area contributed by atoms with Gasteiger partial charge in [-0.25, -0.2) is 9.78 Å². The molecule has 3 aromatic rings. The van der Waals surface area contributed by atoms with Gasteiger partial charge in [-0.3, -0.25) is 4.79 Å². The van der Waals surface area contributed by atoms with Crippen LogP contribution in [0, 0.1) is 0 Å². The fourth-order valence-corrected chi connectivity index (χ4v) is 3.60. The van der Waals surface area contributed by atoms with Crippen LogP contribution in [0.3, 0.4) is 0 Å². The minimum absolute atomic E-state index is 0.176. The van der Waals surface area contributed by atoms with Gasteiger partial charge >= 0.3 is 5.97 Å². The van der Waals surface area contributed by atoms with Crippen molar-refractivity contribution in [3.8, 4) is 0 Å². The number of carbonyl (C=O) groups is 2. The van der Waals surface area contributed by atoms with Crippen LogP contribution in [0.5, 0.6) is 0 Å². The van der Waals surface area contributed by atoms with Gasteiger partial charge in [0.2, 0.25) is 5.78 Å². The van der Waals surface area contributed by atoms with E-state index in [0.29, 0.717) is 27.7 Å². The third-order valence-corrected chi connectivity index (χ3v) is 5.07. The Morgan fingerprint density at radius 3 is 2.59 bits per heavy atom. The van der Waals surface area contributed by atoms with Crippen LogP contribution in [-0.2, 0) is 4.74 Å². The average Bonchev–Trinajstić information content (AvgIpc) is 3.02. The molecule has 0 amide bonds. The van der Waals surface area contributed by atoms with Gasteiger partial charge in [-0.05, 0) is 43.3 Å². The highest BCUT2D eigenvalue weighted by molar-refractivity contribution is 9.10. The summed E-state index contributed by atoms with van der Waals surface area (Å²) in [5, 5.41) is 3.59. The quantitative estimate of drug-likeness (QED) is 0.423. The van der Waals surface area contributed by atoms with Crippen molar-refractivity contribution in [3.63, 3.8) is 0 Å². The topological polar surface area (TPSA) is 94.3 Å². The Morgan fingerprint density at radius 2 is 1.93 bits per heavy atom. The van der Waals surface area contributed by atoms with Gasteiger partial charge in [-0.15, -0.1) is 0 Å². The Morgan fingerprint density at radius 1 is 1.19 bits per heavy atom. The highest BCUT2D eigenvalue weighted by atomic mass is 79.9. The molecule has 0 unspecified atom stereocenters. The van der Waals surface area contributed by atoms with Gasteiger partial charge in [0.1, 0.15) is 10.7 Å². The highest BCUT2D eigenvalue weighted by Gasteiger charge is 2.18. The number of aromatic nitrogens is 1. The number of hydrogen-bond acceptors (Lipinski definition) is 7. The second kappa shape index (κ2) is 8.32. The van der Waals surface area contributed by atoms with Gasteiger partial charge in [-0.2, -0.15) is 0 Å². The fraction of sp³-hybridized carbons (Fsp3) is 0.105. The Kier molecular flexibility index (Phi) is 5.88.